The van der Waals surface area contributed by atoms with Crippen LogP contribution in [0.1, 0.15) is 73.9 Å². The van der Waals surface area contributed by atoms with Gasteiger partial charge in [0.2, 0.25) is 12.2 Å². The fourth-order valence-corrected chi connectivity index (χ4v) is 6.70. The summed E-state index contributed by atoms with van der Waals surface area (Å²) < 4.78 is 22.1. The Balaban J connectivity index is 0.000000200. The van der Waals surface area contributed by atoms with Gasteiger partial charge in [0.05, 0.1) is 11.1 Å². The van der Waals surface area contributed by atoms with E-state index in [0.717, 1.165) is 46.9 Å². The maximum atomic E-state index is 12.2. The number of hydrogen-bond acceptors (Lipinski definition) is 9. The Labute approximate surface area is 343 Å². The number of hydrogen-bond donors (Lipinski definition) is 2. The van der Waals surface area contributed by atoms with Crippen molar-refractivity contribution in [2.45, 2.75) is 51.4 Å². The van der Waals surface area contributed by atoms with Gasteiger partial charge in [0.1, 0.15) is 24.2 Å². The monoisotopic (exact) mass is 797 g/mol. The van der Waals surface area contributed by atoms with Gasteiger partial charge in [-0.3, -0.25) is 4.90 Å². The first-order chi connectivity index (χ1) is 28.5. The molecular weight excluding hydrogens is 751 g/mol. The van der Waals surface area contributed by atoms with E-state index in [2.05, 4.69) is 71.6 Å². The number of carboxylic acid groups (broad SMARTS) is 2. The van der Waals surface area contributed by atoms with Crippen molar-refractivity contribution in [3.8, 4) is 11.5 Å². The smallest absolute Gasteiger partial charge is 0.349 e. The summed E-state index contributed by atoms with van der Waals surface area (Å²) in [6, 6.07) is 39.2. The lowest BCUT2D eigenvalue weighted by atomic mass is 9.91. The number of ether oxygens (including phenoxy) is 4. The van der Waals surface area contributed by atoms with Crippen LogP contribution in [0, 0.1) is 13.8 Å². The number of nitrogens with zero attached hydrogens (tertiary/aromatic N) is 1. The number of carboxylic acids is 2. The maximum absolute atomic E-state index is 12.2. The molecule has 1 fully saturated rings. The minimum atomic E-state index is -2.22. The normalized spacial score (nSPS) is 15.7. The van der Waals surface area contributed by atoms with Gasteiger partial charge >= 0.3 is 23.9 Å². The molecule has 0 aliphatic carbocycles. The number of aryl methyl sites for hydroxylation is 2. The zero-order valence-corrected chi connectivity index (χ0v) is 33.0. The summed E-state index contributed by atoms with van der Waals surface area (Å²) in [6.45, 7) is 7.74. The summed E-state index contributed by atoms with van der Waals surface area (Å²) in [4.78, 5) is 49.8. The van der Waals surface area contributed by atoms with Crippen molar-refractivity contribution in [2.75, 3.05) is 26.2 Å². The van der Waals surface area contributed by atoms with Crippen LogP contribution >= 0.6 is 0 Å². The summed E-state index contributed by atoms with van der Waals surface area (Å²) in [5.41, 5.74) is 6.41. The molecule has 1 unspecified atom stereocenters. The minimum absolute atomic E-state index is 0.0332. The van der Waals surface area contributed by atoms with E-state index in [-0.39, 0.29) is 17.2 Å². The molecule has 11 heteroatoms. The van der Waals surface area contributed by atoms with Gasteiger partial charge in [-0.2, -0.15) is 0 Å². The van der Waals surface area contributed by atoms with Crippen molar-refractivity contribution < 1.29 is 48.3 Å². The third-order valence-electron chi connectivity index (χ3n) is 9.98. The fraction of sp³-hybridized carbons (Fsp3) is 0.250. The molecule has 11 nitrogen and oxygen atoms in total. The second-order valence-corrected chi connectivity index (χ2v) is 14.4. The van der Waals surface area contributed by atoms with Gasteiger partial charge in [0.25, 0.3) is 0 Å². The molecule has 2 N–H and O–H groups in total. The first kappa shape index (κ1) is 41.9. The highest BCUT2D eigenvalue weighted by molar-refractivity contribution is 5.95. The van der Waals surface area contributed by atoms with Gasteiger partial charge in [0.15, 0.2) is 0 Å². The van der Waals surface area contributed by atoms with Crippen LogP contribution in [0.15, 0.2) is 127 Å². The van der Waals surface area contributed by atoms with Gasteiger partial charge in [-0.05, 0) is 99.4 Å². The van der Waals surface area contributed by atoms with Crippen LogP contribution in [0.4, 0.5) is 0 Å². The molecule has 59 heavy (non-hydrogen) atoms. The predicted octanol–water partition coefficient (Wildman–Crippen LogP) is 8.45. The van der Waals surface area contributed by atoms with Gasteiger partial charge in [-0.1, -0.05) is 102 Å². The summed E-state index contributed by atoms with van der Waals surface area (Å²) >= 11 is 0. The molecule has 0 spiro atoms. The van der Waals surface area contributed by atoms with Crippen LogP contribution < -0.4 is 9.47 Å². The Morgan fingerprint density at radius 2 is 1.19 bits per heavy atom. The molecule has 5 aromatic rings. The molecule has 5 aromatic carbocycles. The SMILES string of the molecule is C1=C(c2ccccc2)C(c2ccc(OCCN3CCCCC3)cc2)Oc2ccccc21.Cc1ccc(C(=O)O[C@@H](C(=O)O)[C@@H](OC(=O)c2ccc(C)cc2)C(=O)O)cc1. The van der Waals surface area contributed by atoms with Crippen LogP contribution in [-0.2, 0) is 19.1 Å². The van der Waals surface area contributed by atoms with E-state index >= 15 is 0 Å². The van der Waals surface area contributed by atoms with E-state index in [0.29, 0.717) is 0 Å². The molecular formula is C48H47NO10. The van der Waals surface area contributed by atoms with Crippen LogP contribution in [0.3, 0.4) is 0 Å². The third-order valence-corrected chi connectivity index (χ3v) is 9.98. The Morgan fingerprint density at radius 1 is 0.661 bits per heavy atom. The number of benzene rings is 5. The molecule has 2 aliphatic rings. The fourth-order valence-electron chi connectivity index (χ4n) is 6.70. The number of carbonyl (C=O) groups is 4. The second kappa shape index (κ2) is 20.1. The number of likely N-dealkylation sites (tertiary alicyclic amines) is 1. The summed E-state index contributed by atoms with van der Waals surface area (Å²) in [5, 5.41) is 18.6. The second-order valence-electron chi connectivity index (χ2n) is 14.4. The molecule has 0 aromatic heterocycles. The van der Waals surface area contributed by atoms with Gasteiger partial charge < -0.3 is 29.2 Å². The Morgan fingerprint density at radius 3 is 1.73 bits per heavy atom. The molecule has 0 radical (unpaired) electrons. The number of para-hydroxylation sites is 1. The molecule has 304 valence electrons. The van der Waals surface area contributed by atoms with E-state index in [1.54, 1.807) is 38.1 Å². The van der Waals surface area contributed by atoms with E-state index in [9.17, 15) is 29.4 Å². The molecule has 0 bridgehead atoms. The highest BCUT2D eigenvalue weighted by atomic mass is 16.6. The standard InChI is InChI=1S/C28H29NO2.C20H18O8/c1-3-9-22(10-4-1)26-21-24-11-5-6-12-27(24)31-28(26)23-13-15-25(16-14-23)30-20-19-29-17-7-2-8-18-29;1-11-3-7-13(8-4-11)19(25)27-15(17(21)22)16(18(23)24)28-20(26)14-9-5-12(2)6-10-14/h1,3-6,9-16,21,28H,2,7-8,17-20H2;3-10,15-16H,1-2H3,(H,21,22)(H,23,24)/t;15-,16-/m.1/s1. The number of esters is 2. The molecule has 0 amide bonds. The number of carbonyl (C=O) groups excluding carboxylic acids is 2. The van der Waals surface area contributed by atoms with Gasteiger partial charge in [0, 0.05) is 17.7 Å². The summed E-state index contributed by atoms with van der Waals surface area (Å²) in [7, 11) is 0. The highest BCUT2D eigenvalue weighted by Crippen LogP contribution is 2.42. The van der Waals surface area contributed by atoms with Crippen molar-refractivity contribution in [1.82, 2.24) is 4.90 Å². The van der Waals surface area contributed by atoms with Crippen LogP contribution in [0.5, 0.6) is 11.5 Å². The molecule has 3 atom stereocenters. The third kappa shape index (κ3) is 11.5. The average Bonchev–Trinajstić information content (AvgIpc) is 3.25. The Kier molecular flexibility index (Phi) is 14.3. The van der Waals surface area contributed by atoms with Crippen molar-refractivity contribution >= 4 is 35.5 Å². The largest absolute Gasteiger partial charge is 0.492 e. The van der Waals surface area contributed by atoms with Crippen molar-refractivity contribution in [3.05, 3.63) is 166 Å². The lowest BCUT2D eigenvalue weighted by Gasteiger charge is -2.28. The topological polar surface area (TPSA) is 149 Å². The quantitative estimate of drug-likeness (QED) is 0.111. The van der Waals surface area contributed by atoms with E-state index in [4.69, 9.17) is 18.9 Å². The first-order valence-electron chi connectivity index (χ1n) is 19.5. The van der Waals surface area contributed by atoms with Crippen molar-refractivity contribution in [1.29, 1.82) is 0 Å². The highest BCUT2D eigenvalue weighted by Gasteiger charge is 2.41. The summed E-state index contributed by atoms with van der Waals surface area (Å²) in [6.07, 6.45) is 1.67. The van der Waals surface area contributed by atoms with Gasteiger partial charge in [-0.15, -0.1) is 0 Å². The average molecular weight is 798 g/mol. The van der Waals surface area contributed by atoms with E-state index < -0.39 is 36.1 Å². The predicted molar refractivity (Wildman–Crippen MR) is 222 cm³/mol. The Hall–Kier alpha value is -6.72. The lowest BCUT2D eigenvalue weighted by Crippen LogP contribution is -2.45. The first-order valence-corrected chi connectivity index (χ1v) is 19.5. The molecule has 1 saturated heterocycles. The lowest BCUT2D eigenvalue weighted by molar-refractivity contribution is -0.166. The summed E-state index contributed by atoms with van der Waals surface area (Å²) in [5.74, 6) is -3.78. The maximum Gasteiger partial charge on any atom is 0.349 e. The van der Waals surface area contributed by atoms with E-state index in [1.165, 1.54) is 67.8 Å². The molecule has 7 rings (SSSR count). The number of piperidine rings is 1. The van der Waals surface area contributed by atoms with Crippen LogP contribution in [0.2, 0.25) is 0 Å². The van der Waals surface area contributed by atoms with Crippen molar-refractivity contribution in [2.24, 2.45) is 0 Å². The number of rotatable bonds is 13. The molecule has 2 aliphatic heterocycles. The number of aliphatic carboxylic acids is 2. The number of fused-ring (bicyclic) bond motifs is 1. The zero-order chi connectivity index (χ0) is 41.7. The van der Waals surface area contributed by atoms with E-state index in [1.807, 2.05) is 18.2 Å². The van der Waals surface area contributed by atoms with Gasteiger partial charge in [-0.25, -0.2) is 19.2 Å². The minimum Gasteiger partial charge on any atom is -0.492 e. The van der Waals surface area contributed by atoms with Crippen molar-refractivity contribution in [3.63, 3.8) is 0 Å². The molecule has 2 heterocycles. The van der Waals surface area contributed by atoms with Crippen LogP contribution in [0.25, 0.3) is 11.6 Å². The zero-order valence-electron chi connectivity index (χ0n) is 33.0. The van der Waals surface area contributed by atoms with Crippen LogP contribution in [-0.4, -0.2) is 77.4 Å². The Bertz CT molecular complexity index is 2150. The molecule has 0 saturated carbocycles.